The zero-order valence-corrected chi connectivity index (χ0v) is 16.1. The molecule has 0 aliphatic heterocycles. The van der Waals surface area contributed by atoms with Crippen LogP contribution in [0, 0.1) is 36.0 Å². The van der Waals surface area contributed by atoms with Crippen LogP contribution in [-0.2, 0) is 9.59 Å². The number of carbonyl (C=O) groups is 2. The first-order valence-electron chi connectivity index (χ1n) is 9.05. The molecule has 7 nitrogen and oxygen atoms in total. The predicted molar refractivity (Wildman–Crippen MR) is 107 cm³/mol. The summed E-state index contributed by atoms with van der Waals surface area (Å²) in [5, 5.41) is 22.1. The van der Waals surface area contributed by atoms with Crippen LogP contribution in [-0.4, -0.2) is 29.6 Å². The van der Waals surface area contributed by atoms with Crippen LogP contribution >= 0.6 is 0 Å². The van der Waals surface area contributed by atoms with E-state index in [4.69, 9.17) is 5.26 Å². The first-order chi connectivity index (χ1) is 14.1. The maximum absolute atomic E-state index is 12.1. The van der Waals surface area contributed by atoms with Gasteiger partial charge in [0, 0.05) is 30.6 Å². The third-order valence-electron chi connectivity index (χ3n) is 4.67. The second-order valence-electron chi connectivity index (χ2n) is 6.60. The van der Waals surface area contributed by atoms with Gasteiger partial charge in [-0.15, -0.1) is 5.10 Å². The van der Waals surface area contributed by atoms with Crippen LogP contribution in [0.3, 0.4) is 0 Å². The van der Waals surface area contributed by atoms with Gasteiger partial charge in [-0.05, 0) is 49.2 Å². The summed E-state index contributed by atoms with van der Waals surface area (Å²) >= 11 is 0. The Morgan fingerprint density at radius 1 is 1.24 bits per heavy atom. The average Bonchev–Trinajstić information content (AvgIpc) is 3.53. The molecule has 0 spiro atoms. The Bertz CT molecular complexity index is 1070. The van der Waals surface area contributed by atoms with Gasteiger partial charge in [0.25, 0.3) is 5.91 Å². The molecule has 1 heterocycles. The fourth-order valence-corrected chi connectivity index (χ4v) is 2.98. The SMILES string of the molecule is CNC(=O)/C(=C\NC=O)c1cc(C2C[C@@H]2C#Cc2ccc(C#N)cc2)c(C)nn1. The van der Waals surface area contributed by atoms with Crippen molar-refractivity contribution in [1.82, 2.24) is 20.8 Å². The summed E-state index contributed by atoms with van der Waals surface area (Å²) in [7, 11) is 1.51. The molecule has 1 aliphatic carbocycles. The minimum absolute atomic E-state index is 0.196. The molecule has 2 aromatic rings. The molecular formula is C22H19N5O2. The Morgan fingerprint density at radius 2 is 1.97 bits per heavy atom. The molecule has 0 radical (unpaired) electrons. The van der Waals surface area contributed by atoms with Gasteiger partial charge in [0.2, 0.25) is 6.41 Å². The topological polar surface area (TPSA) is 108 Å². The Morgan fingerprint density at radius 3 is 2.62 bits per heavy atom. The number of aryl methyl sites for hydroxylation is 1. The number of hydrogen-bond acceptors (Lipinski definition) is 5. The molecule has 1 unspecified atom stereocenters. The fraction of sp³-hybridized carbons (Fsp3) is 0.227. The molecule has 0 saturated heterocycles. The fourth-order valence-electron chi connectivity index (χ4n) is 2.98. The van der Waals surface area contributed by atoms with Crippen LogP contribution in [0.2, 0.25) is 0 Å². The van der Waals surface area contributed by atoms with E-state index in [-0.39, 0.29) is 23.3 Å². The number of rotatable bonds is 5. The van der Waals surface area contributed by atoms with Crippen LogP contribution in [0.4, 0.5) is 0 Å². The summed E-state index contributed by atoms with van der Waals surface area (Å²) in [6.45, 7) is 1.88. The maximum Gasteiger partial charge on any atom is 0.254 e. The van der Waals surface area contributed by atoms with Crippen molar-refractivity contribution in [2.24, 2.45) is 5.92 Å². The number of benzene rings is 1. The molecule has 7 heteroatoms. The quantitative estimate of drug-likeness (QED) is 0.462. The minimum Gasteiger partial charge on any atom is -0.355 e. The van der Waals surface area contributed by atoms with E-state index in [9.17, 15) is 9.59 Å². The van der Waals surface area contributed by atoms with Crippen LogP contribution in [0.15, 0.2) is 36.5 Å². The van der Waals surface area contributed by atoms with Gasteiger partial charge in [0.1, 0.15) is 5.69 Å². The van der Waals surface area contributed by atoms with Crippen LogP contribution in [0.5, 0.6) is 0 Å². The van der Waals surface area contributed by atoms with Crippen LogP contribution in [0.25, 0.3) is 5.57 Å². The lowest BCUT2D eigenvalue weighted by Gasteiger charge is -2.08. The molecule has 1 fully saturated rings. The highest BCUT2D eigenvalue weighted by Crippen LogP contribution is 2.48. The van der Waals surface area contributed by atoms with E-state index in [1.165, 1.54) is 13.2 Å². The summed E-state index contributed by atoms with van der Waals surface area (Å²) in [6, 6.07) is 11.1. The van der Waals surface area contributed by atoms with Gasteiger partial charge in [-0.2, -0.15) is 10.4 Å². The van der Waals surface area contributed by atoms with E-state index in [0.29, 0.717) is 17.7 Å². The second-order valence-corrected chi connectivity index (χ2v) is 6.60. The zero-order valence-electron chi connectivity index (χ0n) is 16.1. The van der Waals surface area contributed by atoms with Crippen molar-refractivity contribution in [1.29, 1.82) is 5.26 Å². The molecule has 1 aromatic heterocycles. The van der Waals surface area contributed by atoms with Gasteiger partial charge in [-0.1, -0.05) is 11.8 Å². The van der Waals surface area contributed by atoms with Gasteiger partial charge in [-0.3, -0.25) is 9.59 Å². The lowest BCUT2D eigenvalue weighted by Crippen LogP contribution is -2.22. The lowest BCUT2D eigenvalue weighted by atomic mass is 10.0. The monoisotopic (exact) mass is 385 g/mol. The lowest BCUT2D eigenvalue weighted by molar-refractivity contribution is -0.115. The van der Waals surface area contributed by atoms with E-state index in [1.54, 1.807) is 12.1 Å². The minimum atomic E-state index is -0.364. The Balaban J connectivity index is 1.81. The zero-order chi connectivity index (χ0) is 20.8. The predicted octanol–water partition coefficient (Wildman–Crippen LogP) is 1.64. The van der Waals surface area contributed by atoms with Crippen molar-refractivity contribution >= 4 is 17.9 Å². The third-order valence-corrected chi connectivity index (χ3v) is 4.67. The number of nitriles is 1. The van der Waals surface area contributed by atoms with Crippen LogP contribution < -0.4 is 10.6 Å². The number of hydrogen-bond donors (Lipinski definition) is 2. The highest BCUT2D eigenvalue weighted by molar-refractivity contribution is 6.18. The summed E-state index contributed by atoms with van der Waals surface area (Å²) in [4.78, 5) is 22.7. The van der Waals surface area contributed by atoms with Crippen molar-refractivity contribution in [3.8, 4) is 17.9 Å². The Labute approximate surface area is 168 Å². The molecule has 2 amide bonds. The smallest absolute Gasteiger partial charge is 0.254 e. The second kappa shape index (κ2) is 8.81. The molecule has 1 aromatic carbocycles. The third kappa shape index (κ3) is 4.66. The van der Waals surface area contributed by atoms with Gasteiger partial charge in [0.15, 0.2) is 0 Å². The Kier molecular flexibility index (Phi) is 6.01. The Hall–Kier alpha value is -3.97. The summed E-state index contributed by atoms with van der Waals surface area (Å²) < 4.78 is 0. The van der Waals surface area contributed by atoms with E-state index >= 15 is 0 Å². The molecular weight excluding hydrogens is 366 g/mol. The molecule has 2 N–H and O–H groups in total. The molecule has 1 aliphatic rings. The molecule has 144 valence electrons. The number of nitrogens with one attached hydrogen (secondary N) is 2. The average molecular weight is 385 g/mol. The molecule has 0 bridgehead atoms. The number of amides is 2. The highest BCUT2D eigenvalue weighted by atomic mass is 16.1. The van der Waals surface area contributed by atoms with E-state index in [0.717, 1.165) is 23.2 Å². The first-order valence-corrected chi connectivity index (χ1v) is 9.05. The largest absolute Gasteiger partial charge is 0.355 e. The van der Waals surface area contributed by atoms with E-state index < -0.39 is 0 Å². The number of carbonyl (C=O) groups excluding carboxylic acids is 2. The highest BCUT2D eigenvalue weighted by Gasteiger charge is 2.39. The standard InChI is InChI=1S/C22H19N5O2/c1-14-18(10-21(27-26-14)20(12-25-13-28)22(29)24-2)19-9-17(19)8-7-15-3-5-16(11-23)6-4-15/h3-6,10,12-13,17,19H,9H2,1-2H3,(H,24,29)(H,25,28)/b20-12-/t17-,19?/m0/s1. The normalized spacial score (nSPS) is 17.3. The first kappa shape index (κ1) is 19.8. The maximum atomic E-state index is 12.1. The van der Waals surface area contributed by atoms with E-state index in [1.807, 2.05) is 25.1 Å². The molecule has 1 saturated carbocycles. The van der Waals surface area contributed by atoms with Crippen molar-refractivity contribution in [3.63, 3.8) is 0 Å². The van der Waals surface area contributed by atoms with Gasteiger partial charge >= 0.3 is 0 Å². The van der Waals surface area contributed by atoms with Crippen LogP contribution in [0.1, 0.15) is 40.4 Å². The molecule has 3 rings (SSSR count). The summed E-state index contributed by atoms with van der Waals surface area (Å²) in [5.74, 6) is 6.47. The summed E-state index contributed by atoms with van der Waals surface area (Å²) in [6.07, 6.45) is 2.70. The van der Waals surface area contributed by atoms with Crippen molar-refractivity contribution in [2.75, 3.05) is 7.05 Å². The summed E-state index contributed by atoms with van der Waals surface area (Å²) in [5.41, 5.74) is 3.88. The van der Waals surface area contributed by atoms with Gasteiger partial charge in [-0.25, -0.2) is 0 Å². The van der Waals surface area contributed by atoms with E-state index in [2.05, 4.69) is 38.7 Å². The molecule has 2 atom stereocenters. The number of nitrogens with zero attached hydrogens (tertiary/aromatic N) is 3. The van der Waals surface area contributed by atoms with Crippen molar-refractivity contribution < 1.29 is 9.59 Å². The van der Waals surface area contributed by atoms with Gasteiger partial charge in [0.05, 0.1) is 22.9 Å². The molecule has 29 heavy (non-hydrogen) atoms. The van der Waals surface area contributed by atoms with Crippen molar-refractivity contribution in [3.05, 3.63) is 64.6 Å². The van der Waals surface area contributed by atoms with Gasteiger partial charge < -0.3 is 10.6 Å². The number of aromatic nitrogens is 2. The number of likely N-dealkylation sites (N-methyl/N-ethyl adjacent to an activating group) is 1. The van der Waals surface area contributed by atoms with Crippen molar-refractivity contribution in [2.45, 2.75) is 19.3 Å².